The Bertz CT molecular complexity index is 836. The number of amides is 2. The maximum atomic E-state index is 13.5. The van der Waals surface area contributed by atoms with Crippen molar-refractivity contribution in [3.63, 3.8) is 0 Å². The first-order valence-corrected chi connectivity index (χ1v) is 14.6. The van der Waals surface area contributed by atoms with Gasteiger partial charge in [0.05, 0.1) is 17.5 Å². The molecule has 0 aromatic rings. The number of nitrogens with zero attached hydrogens (tertiary/aromatic N) is 2. The molecule has 14 heteroatoms. The van der Waals surface area contributed by atoms with Gasteiger partial charge in [0.1, 0.15) is 11.5 Å². The van der Waals surface area contributed by atoms with Gasteiger partial charge in [0.2, 0.25) is 11.8 Å². The quantitative estimate of drug-likeness (QED) is 0.223. The van der Waals surface area contributed by atoms with Gasteiger partial charge in [-0.15, -0.1) is 23.4 Å². The summed E-state index contributed by atoms with van der Waals surface area (Å²) in [5.41, 5.74) is 2.27. The summed E-state index contributed by atoms with van der Waals surface area (Å²) in [6, 6.07) is -0.240. The van der Waals surface area contributed by atoms with Gasteiger partial charge >= 0.3 is 6.55 Å². The maximum Gasteiger partial charge on any atom is 0.306 e. The predicted octanol–water partition coefficient (Wildman–Crippen LogP) is -0.0929. The van der Waals surface area contributed by atoms with Crippen molar-refractivity contribution in [1.82, 2.24) is 36.6 Å². The number of piperidine rings is 2. The number of thioether (sulfide) groups is 1. The second kappa shape index (κ2) is 11.7. The van der Waals surface area contributed by atoms with Gasteiger partial charge in [0, 0.05) is 57.2 Å². The summed E-state index contributed by atoms with van der Waals surface area (Å²) >= 11 is 8.06. The lowest BCUT2D eigenvalue weighted by molar-refractivity contribution is -0.134. The van der Waals surface area contributed by atoms with E-state index in [4.69, 9.17) is 16.3 Å². The number of carbonyl (C=O) groups excluding carboxylic acids is 2. The Hall–Kier alpha value is -0.800. The molecule has 2 amide bonds. The Morgan fingerprint density at radius 3 is 2.68 bits per heavy atom. The van der Waals surface area contributed by atoms with Crippen LogP contribution in [-0.4, -0.2) is 109 Å². The monoisotopic (exact) mass is 565 g/mol. The first-order valence-electron chi connectivity index (χ1n) is 13.2. The highest BCUT2D eigenvalue weighted by Crippen LogP contribution is 2.38. The number of nitrogens with one attached hydrogen (secondary N) is 5. The van der Waals surface area contributed by atoms with Crippen LogP contribution in [0.4, 0.5) is 8.78 Å². The molecular weight excluding hydrogens is 528 g/mol. The van der Waals surface area contributed by atoms with Crippen LogP contribution in [0.2, 0.25) is 0 Å². The topological polar surface area (TPSA) is 110 Å². The van der Waals surface area contributed by atoms with E-state index in [1.807, 2.05) is 0 Å². The standard InChI is InChI=1S/C23H38ClF2N7O3S/c1-11-5-12(13-6-19(24)28-8-17(13)36-2)14(7-27-11)20(34)30-23-29-16-9-32(10-18(16)37-23)21(35)15-3-4-33(31-15)22(25)26/h11-19,22-23,27-29,31H,3-10H2,1-2H3,(H,30,34). The van der Waals surface area contributed by atoms with Crippen molar-refractivity contribution in [1.29, 1.82) is 0 Å². The van der Waals surface area contributed by atoms with Crippen LogP contribution in [0, 0.1) is 17.8 Å². The van der Waals surface area contributed by atoms with Gasteiger partial charge in [-0.2, -0.15) is 13.8 Å². The second-order valence-electron chi connectivity index (χ2n) is 10.9. The number of hydrogen-bond acceptors (Lipinski definition) is 9. The number of alkyl halides is 3. The molecule has 0 bridgehead atoms. The number of fused-ring (bicyclic) bond motifs is 1. The molecule has 10 atom stereocenters. The van der Waals surface area contributed by atoms with Crippen LogP contribution < -0.4 is 26.7 Å². The smallest absolute Gasteiger partial charge is 0.306 e. The van der Waals surface area contributed by atoms with Gasteiger partial charge in [0.15, 0.2) is 0 Å². The zero-order valence-electron chi connectivity index (χ0n) is 21.2. The first-order chi connectivity index (χ1) is 17.7. The summed E-state index contributed by atoms with van der Waals surface area (Å²) in [4.78, 5) is 28.1. The molecule has 10 unspecified atom stereocenters. The number of rotatable bonds is 6. The Morgan fingerprint density at radius 2 is 1.97 bits per heavy atom. The Balaban J connectivity index is 1.15. The molecule has 0 aliphatic carbocycles. The SMILES string of the molecule is COC1CNC(Cl)CC1C1CC(C)NCC1C(=O)NC1NC2CN(C(=O)C3CCN(C(F)F)N3)CC2S1. The zero-order chi connectivity index (χ0) is 26.3. The molecule has 5 aliphatic rings. The number of methoxy groups -OCH3 is 1. The van der Waals surface area contributed by atoms with Crippen LogP contribution in [-0.2, 0) is 14.3 Å². The second-order valence-corrected chi connectivity index (χ2v) is 12.8. The molecule has 0 saturated carbocycles. The summed E-state index contributed by atoms with van der Waals surface area (Å²) in [5.74, 6) is 0.0488. The normalized spacial score (nSPS) is 42.8. The van der Waals surface area contributed by atoms with Crippen LogP contribution in [0.5, 0.6) is 0 Å². The highest BCUT2D eigenvalue weighted by Gasteiger charge is 2.47. The Morgan fingerprint density at radius 1 is 1.16 bits per heavy atom. The van der Waals surface area contributed by atoms with E-state index >= 15 is 0 Å². The summed E-state index contributed by atoms with van der Waals surface area (Å²) < 4.78 is 31.6. The van der Waals surface area contributed by atoms with E-state index in [1.54, 1.807) is 23.8 Å². The molecule has 0 aromatic carbocycles. The average molecular weight is 566 g/mol. The Kier molecular flexibility index (Phi) is 8.81. The van der Waals surface area contributed by atoms with E-state index in [1.165, 1.54) is 0 Å². The minimum Gasteiger partial charge on any atom is -0.380 e. The first kappa shape index (κ1) is 27.8. The van der Waals surface area contributed by atoms with Crippen molar-refractivity contribution in [2.24, 2.45) is 17.8 Å². The van der Waals surface area contributed by atoms with E-state index < -0.39 is 12.6 Å². The van der Waals surface area contributed by atoms with Crippen molar-refractivity contribution in [2.45, 2.75) is 73.2 Å². The van der Waals surface area contributed by atoms with Crippen molar-refractivity contribution >= 4 is 35.2 Å². The number of halogens is 3. The van der Waals surface area contributed by atoms with Crippen molar-refractivity contribution < 1.29 is 23.1 Å². The van der Waals surface area contributed by atoms with Gasteiger partial charge in [-0.3, -0.25) is 20.2 Å². The third kappa shape index (κ3) is 6.03. The zero-order valence-corrected chi connectivity index (χ0v) is 22.7. The van der Waals surface area contributed by atoms with E-state index in [0.29, 0.717) is 38.6 Å². The van der Waals surface area contributed by atoms with Gasteiger partial charge in [-0.1, -0.05) is 0 Å². The molecule has 210 valence electrons. The molecule has 5 N–H and O–H groups in total. The molecule has 37 heavy (non-hydrogen) atoms. The van der Waals surface area contributed by atoms with Crippen molar-refractivity contribution in [2.75, 3.05) is 39.8 Å². The largest absolute Gasteiger partial charge is 0.380 e. The highest BCUT2D eigenvalue weighted by molar-refractivity contribution is 8.00. The van der Waals surface area contributed by atoms with E-state index in [0.717, 1.165) is 17.9 Å². The van der Waals surface area contributed by atoms with Gasteiger partial charge in [-0.25, -0.2) is 5.43 Å². The molecule has 0 aromatic heterocycles. The van der Waals surface area contributed by atoms with Crippen LogP contribution in [0.25, 0.3) is 0 Å². The van der Waals surface area contributed by atoms with E-state index in [-0.39, 0.29) is 64.5 Å². The molecule has 0 spiro atoms. The molecule has 0 radical (unpaired) electrons. The number of ether oxygens (including phenoxy) is 1. The fraction of sp³-hybridized carbons (Fsp3) is 0.913. The van der Waals surface area contributed by atoms with Crippen LogP contribution >= 0.6 is 23.4 Å². The predicted molar refractivity (Wildman–Crippen MR) is 137 cm³/mol. The lowest BCUT2D eigenvalue weighted by Crippen LogP contribution is -2.57. The van der Waals surface area contributed by atoms with Crippen molar-refractivity contribution in [3.8, 4) is 0 Å². The molecular formula is C23H38ClF2N7O3S. The average Bonchev–Trinajstić information content (AvgIpc) is 3.59. The summed E-state index contributed by atoms with van der Waals surface area (Å²) in [7, 11) is 1.72. The third-order valence-corrected chi connectivity index (χ3v) is 10.2. The third-order valence-electron chi connectivity index (χ3n) is 8.56. The van der Waals surface area contributed by atoms with Crippen molar-refractivity contribution in [3.05, 3.63) is 0 Å². The van der Waals surface area contributed by atoms with Gasteiger partial charge < -0.3 is 20.3 Å². The van der Waals surface area contributed by atoms with Crippen LogP contribution in [0.3, 0.4) is 0 Å². The fourth-order valence-corrected chi connectivity index (χ4v) is 8.30. The molecule has 10 nitrogen and oxygen atoms in total. The minimum atomic E-state index is -2.62. The highest BCUT2D eigenvalue weighted by atomic mass is 35.5. The summed E-state index contributed by atoms with van der Waals surface area (Å²) in [6.45, 7) is 2.01. The Labute approximate surface area is 225 Å². The summed E-state index contributed by atoms with van der Waals surface area (Å²) in [6.07, 6.45) is 2.04. The van der Waals surface area contributed by atoms with Gasteiger partial charge in [-0.05, 0) is 38.0 Å². The lowest BCUT2D eigenvalue weighted by Gasteiger charge is -2.45. The molecule has 5 rings (SSSR count). The van der Waals surface area contributed by atoms with E-state index in [9.17, 15) is 18.4 Å². The van der Waals surface area contributed by atoms with Gasteiger partial charge in [0.25, 0.3) is 0 Å². The number of hydrazine groups is 1. The number of hydrogen-bond donors (Lipinski definition) is 5. The molecule has 5 aliphatic heterocycles. The number of likely N-dealkylation sites (tertiary alicyclic amines) is 1. The molecule has 5 saturated heterocycles. The minimum absolute atomic E-state index is 0.0176. The number of carbonyl (C=O) groups is 2. The van der Waals surface area contributed by atoms with Crippen LogP contribution in [0.15, 0.2) is 0 Å². The molecule has 5 heterocycles. The molecule has 5 fully saturated rings. The fourth-order valence-electron chi connectivity index (χ4n) is 6.60. The van der Waals surface area contributed by atoms with Crippen LogP contribution in [0.1, 0.15) is 26.2 Å². The maximum absolute atomic E-state index is 13.5. The van der Waals surface area contributed by atoms with E-state index in [2.05, 4.69) is 33.6 Å². The summed E-state index contributed by atoms with van der Waals surface area (Å²) in [5, 5.41) is 14.4. The lowest BCUT2D eigenvalue weighted by atomic mass is 9.70.